The molecule has 4 atom stereocenters. The van der Waals surface area contributed by atoms with Crippen molar-refractivity contribution in [3.63, 3.8) is 0 Å². The zero-order chi connectivity index (χ0) is 19.8. The van der Waals surface area contributed by atoms with E-state index in [0.717, 1.165) is 42.2 Å². The summed E-state index contributed by atoms with van der Waals surface area (Å²) in [6.45, 7) is 8.17. The molecule has 2 aliphatic carbocycles. The second kappa shape index (κ2) is 6.17. The fourth-order valence-electron chi connectivity index (χ4n) is 5.04. The summed E-state index contributed by atoms with van der Waals surface area (Å²) in [4.78, 5) is 21.6. The molecule has 28 heavy (non-hydrogen) atoms. The van der Waals surface area contributed by atoms with Gasteiger partial charge in [-0.2, -0.15) is 0 Å². The molecule has 0 aromatic carbocycles. The van der Waals surface area contributed by atoms with Gasteiger partial charge >= 0.3 is 0 Å². The molecule has 1 saturated heterocycles. The molecule has 2 saturated carbocycles. The van der Waals surface area contributed by atoms with Gasteiger partial charge in [0.1, 0.15) is 5.82 Å². The van der Waals surface area contributed by atoms with Gasteiger partial charge in [-0.05, 0) is 56.1 Å². The van der Waals surface area contributed by atoms with Crippen LogP contribution in [0.15, 0.2) is 0 Å². The first-order valence-electron chi connectivity index (χ1n) is 10.6. The highest BCUT2D eigenvalue weighted by atomic mass is 16.5. The zero-order valence-electron chi connectivity index (χ0n) is 17.4. The molecule has 1 aromatic rings. The zero-order valence-corrected chi connectivity index (χ0v) is 17.4. The highest BCUT2D eigenvalue weighted by Crippen LogP contribution is 2.50. The normalized spacial score (nSPS) is 32.4. The molecule has 3 fully saturated rings. The molecule has 0 bridgehead atoms. The number of ether oxygens (including phenoxy) is 1. The van der Waals surface area contributed by atoms with E-state index in [1.54, 1.807) is 11.9 Å². The van der Waals surface area contributed by atoms with Crippen LogP contribution in [0.5, 0.6) is 0 Å². The molecule has 1 aromatic heterocycles. The second-order valence-electron chi connectivity index (χ2n) is 9.67. The predicted molar refractivity (Wildman–Crippen MR) is 107 cm³/mol. The lowest BCUT2D eigenvalue weighted by Gasteiger charge is -2.34. The van der Waals surface area contributed by atoms with E-state index in [0.29, 0.717) is 29.0 Å². The first-order chi connectivity index (χ1) is 13.3. The van der Waals surface area contributed by atoms with Crippen molar-refractivity contribution < 1.29 is 14.6 Å². The topological polar surface area (TPSA) is 65.9 Å². The number of hydrogen-bond donors (Lipinski definition) is 1. The van der Waals surface area contributed by atoms with Crippen molar-refractivity contribution in [1.29, 1.82) is 0 Å². The molecule has 0 spiro atoms. The molecular weight excluding hydrogens is 354 g/mol. The van der Waals surface area contributed by atoms with Gasteiger partial charge in [-0.1, -0.05) is 6.92 Å². The van der Waals surface area contributed by atoms with Crippen molar-refractivity contribution in [3.8, 4) is 0 Å². The van der Waals surface area contributed by atoms with Gasteiger partial charge in [0.2, 0.25) is 0 Å². The lowest BCUT2D eigenvalue weighted by Crippen LogP contribution is -2.40. The summed E-state index contributed by atoms with van der Waals surface area (Å²) in [5.74, 6) is 1.57. The Morgan fingerprint density at radius 1 is 1.29 bits per heavy atom. The Morgan fingerprint density at radius 2 is 2.04 bits per heavy atom. The van der Waals surface area contributed by atoms with Gasteiger partial charge in [0, 0.05) is 25.6 Å². The van der Waals surface area contributed by atoms with Crippen molar-refractivity contribution in [2.45, 2.75) is 64.6 Å². The van der Waals surface area contributed by atoms with E-state index in [1.807, 2.05) is 6.92 Å². The Balaban J connectivity index is 1.39. The van der Waals surface area contributed by atoms with Crippen LogP contribution in [0.3, 0.4) is 0 Å². The van der Waals surface area contributed by atoms with Crippen LogP contribution in [-0.2, 0) is 4.74 Å². The first kappa shape index (κ1) is 18.4. The number of piperidine rings is 1. The summed E-state index contributed by atoms with van der Waals surface area (Å²) in [5, 5.41) is 9.82. The highest BCUT2D eigenvalue weighted by Gasteiger charge is 2.52. The van der Waals surface area contributed by atoms with Gasteiger partial charge in [0.05, 0.1) is 36.6 Å². The second-order valence-corrected chi connectivity index (χ2v) is 9.67. The minimum atomic E-state index is -0.337. The number of aromatic nitrogens is 1. The third kappa shape index (κ3) is 2.68. The number of aliphatic hydroxyl groups excluding tert-OH is 1. The molecule has 6 nitrogen and oxygen atoms in total. The van der Waals surface area contributed by atoms with Gasteiger partial charge < -0.3 is 19.6 Å². The van der Waals surface area contributed by atoms with E-state index < -0.39 is 0 Å². The van der Waals surface area contributed by atoms with Crippen LogP contribution in [0.1, 0.15) is 65.8 Å². The average Bonchev–Trinajstić information content (AvgIpc) is 3.58. The van der Waals surface area contributed by atoms with Crippen molar-refractivity contribution >= 4 is 11.7 Å². The van der Waals surface area contributed by atoms with Crippen LogP contribution in [0.4, 0.5) is 5.82 Å². The van der Waals surface area contributed by atoms with Gasteiger partial charge in [-0.15, -0.1) is 0 Å². The molecular formula is C22H31N3O3. The lowest BCUT2D eigenvalue weighted by atomic mass is 10.00. The molecule has 0 radical (unpaired) electrons. The largest absolute Gasteiger partial charge is 0.394 e. The Hall–Kier alpha value is -1.66. The Bertz CT molecular complexity index is 835. The summed E-state index contributed by atoms with van der Waals surface area (Å²) < 4.78 is 6.31. The third-order valence-electron chi connectivity index (χ3n) is 7.60. The number of pyridine rings is 1. The van der Waals surface area contributed by atoms with Crippen LogP contribution in [0, 0.1) is 25.2 Å². The first-order valence-corrected chi connectivity index (χ1v) is 10.6. The van der Waals surface area contributed by atoms with E-state index in [2.05, 4.69) is 18.7 Å². The lowest BCUT2D eigenvalue weighted by molar-refractivity contribution is 0.00311. The number of carbonyl (C=O) groups is 1. The highest BCUT2D eigenvalue weighted by molar-refractivity contribution is 6.00. The van der Waals surface area contributed by atoms with E-state index in [1.165, 1.54) is 19.3 Å². The van der Waals surface area contributed by atoms with E-state index in [4.69, 9.17) is 9.72 Å². The monoisotopic (exact) mass is 385 g/mol. The maximum Gasteiger partial charge on any atom is 0.256 e. The number of anilines is 1. The summed E-state index contributed by atoms with van der Waals surface area (Å²) in [5.41, 5.74) is 3.96. The van der Waals surface area contributed by atoms with Crippen LogP contribution in [-0.4, -0.2) is 59.8 Å². The van der Waals surface area contributed by atoms with Crippen molar-refractivity contribution in [2.24, 2.45) is 11.3 Å². The van der Waals surface area contributed by atoms with Crippen molar-refractivity contribution in [1.82, 2.24) is 9.88 Å². The summed E-state index contributed by atoms with van der Waals surface area (Å²) in [6, 6.07) is 0.160. The predicted octanol–water partition coefficient (Wildman–Crippen LogP) is 2.60. The van der Waals surface area contributed by atoms with Crippen LogP contribution >= 0.6 is 0 Å². The molecule has 3 heterocycles. The minimum Gasteiger partial charge on any atom is -0.394 e. The van der Waals surface area contributed by atoms with Gasteiger partial charge in [0.25, 0.3) is 5.91 Å². The third-order valence-corrected chi connectivity index (χ3v) is 7.60. The Morgan fingerprint density at radius 3 is 2.71 bits per heavy atom. The standard InChI is InChI=1S/C22H31N3O3/c1-12-13(2)20(23-19-16(10-26)24(4)21(27)18(12)19)25-8-5-17(14-9-15(14)25)28-11-22(3)6-7-22/h14-17,26H,5-11H2,1-4H3/t14?,15-,16?,17?/m1/s1. The molecule has 4 aliphatic rings. The minimum absolute atomic E-state index is 0.0290. The quantitative estimate of drug-likeness (QED) is 0.844. The van der Waals surface area contributed by atoms with Crippen molar-refractivity contribution in [3.05, 3.63) is 22.4 Å². The molecule has 152 valence electrons. The van der Waals surface area contributed by atoms with Crippen molar-refractivity contribution in [2.75, 3.05) is 31.7 Å². The van der Waals surface area contributed by atoms with E-state index in [-0.39, 0.29) is 18.6 Å². The Kier molecular flexibility index (Phi) is 4.05. The van der Waals surface area contributed by atoms with Gasteiger partial charge in [0.15, 0.2) is 0 Å². The molecule has 6 heteroatoms. The molecule has 1 amide bonds. The number of rotatable bonds is 5. The smallest absolute Gasteiger partial charge is 0.256 e. The van der Waals surface area contributed by atoms with Crippen LogP contribution in [0.25, 0.3) is 0 Å². The van der Waals surface area contributed by atoms with Crippen LogP contribution < -0.4 is 4.90 Å². The summed E-state index contributed by atoms with van der Waals surface area (Å²) in [6.07, 6.45) is 5.19. The summed E-state index contributed by atoms with van der Waals surface area (Å²) >= 11 is 0. The van der Waals surface area contributed by atoms with Crippen LogP contribution in [0.2, 0.25) is 0 Å². The number of carbonyl (C=O) groups excluding carboxylic acids is 1. The Labute approximate surface area is 166 Å². The maximum atomic E-state index is 12.6. The number of fused-ring (bicyclic) bond motifs is 2. The fourth-order valence-corrected chi connectivity index (χ4v) is 5.04. The molecule has 2 aliphatic heterocycles. The van der Waals surface area contributed by atoms with E-state index in [9.17, 15) is 9.90 Å². The van der Waals surface area contributed by atoms with Gasteiger partial charge in [-0.3, -0.25) is 4.79 Å². The number of hydrogen-bond acceptors (Lipinski definition) is 5. The number of nitrogens with zero attached hydrogens (tertiary/aromatic N) is 3. The molecule has 5 rings (SSSR count). The molecule has 1 N–H and O–H groups in total. The van der Waals surface area contributed by atoms with Gasteiger partial charge in [-0.25, -0.2) is 4.98 Å². The van der Waals surface area contributed by atoms with E-state index >= 15 is 0 Å². The maximum absolute atomic E-state index is 12.6. The number of aliphatic hydroxyl groups is 1. The fraction of sp³-hybridized carbons (Fsp3) is 0.727. The average molecular weight is 386 g/mol. The number of amides is 1. The molecule has 3 unspecified atom stereocenters. The summed E-state index contributed by atoms with van der Waals surface area (Å²) in [7, 11) is 1.75. The number of likely N-dealkylation sites (N-methyl/N-ethyl adjacent to an activating group) is 1. The SMILES string of the molecule is Cc1c(N2CCC(OCC3(C)CC3)C3C[C@H]32)nc2c(c1C)C(=O)N(C)C2CO.